The van der Waals surface area contributed by atoms with Gasteiger partial charge in [0.1, 0.15) is 5.52 Å². The summed E-state index contributed by atoms with van der Waals surface area (Å²) in [6, 6.07) is 18.8. The molecule has 4 aromatic rings. The fraction of sp³-hybridized carbons (Fsp3) is 0. The van der Waals surface area contributed by atoms with Crippen molar-refractivity contribution in [3.05, 3.63) is 95.7 Å². The molecule has 6 nitrogen and oxygen atoms in total. The van der Waals surface area contributed by atoms with Crippen molar-refractivity contribution in [2.24, 2.45) is 0 Å². The van der Waals surface area contributed by atoms with Crippen molar-refractivity contribution in [1.29, 1.82) is 0 Å². The Morgan fingerprint density at radius 3 is 2.47 bits per heavy atom. The van der Waals surface area contributed by atoms with E-state index in [1.54, 1.807) is 36.5 Å². The topological polar surface area (TPSA) is 90.4 Å². The van der Waals surface area contributed by atoms with Crippen LogP contribution in [0, 0.1) is 0 Å². The Labute approximate surface area is 171 Å². The first kappa shape index (κ1) is 18.2. The van der Waals surface area contributed by atoms with E-state index in [1.165, 1.54) is 30.3 Å². The molecule has 2 heterocycles. The summed E-state index contributed by atoms with van der Waals surface area (Å²) in [5.41, 5.74) is 0.708. The number of nitrogens with zero attached hydrogens (tertiary/aromatic N) is 1. The highest BCUT2D eigenvalue weighted by molar-refractivity contribution is 7.91. The second-order valence-corrected chi connectivity index (χ2v) is 8.65. The SMILES string of the molecule is O=C(Oc1cccc2cccnc12)c1ccc2c(c1)S(=O)(=O)c1ccccc1C2=O. The molecule has 0 saturated carbocycles. The summed E-state index contributed by atoms with van der Waals surface area (Å²) in [5.74, 6) is -0.869. The zero-order valence-corrected chi connectivity index (χ0v) is 16.2. The number of sulfone groups is 1. The number of rotatable bonds is 2. The van der Waals surface area contributed by atoms with E-state index in [0.29, 0.717) is 5.52 Å². The van der Waals surface area contributed by atoms with Crippen LogP contribution in [0.1, 0.15) is 26.3 Å². The number of fused-ring (bicyclic) bond motifs is 3. The van der Waals surface area contributed by atoms with Gasteiger partial charge >= 0.3 is 5.97 Å². The van der Waals surface area contributed by atoms with E-state index < -0.39 is 21.6 Å². The standard InChI is InChI=1S/C23H13NO5S/c25-22-16-7-1-2-9-19(16)30(27,28)20-13-15(10-11-17(20)22)23(26)29-18-8-3-5-14-6-4-12-24-21(14)18/h1-13H. The van der Waals surface area contributed by atoms with Gasteiger partial charge in [-0.3, -0.25) is 9.78 Å². The summed E-state index contributed by atoms with van der Waals surface area (Å²) in [6.45, 7) is 0. The Kier molecular flexibility index (Phi) is 4.01. The van der Waals surface area contributed by atoms with Crippen molar-refractivity contribution < 1.29 is 22.7 Å². The minimum absolute atomic E-state index is 0.0254. The Morgan fingerprint density at radius 1 is 0.833 bits per heavy atom. The number of aromatic nitrogens is 1. The van der Waals surface area contributed by atoms with Crippen molar-refractivity contribution in [3.63, 3.8) is 0 Å². The molecule has 1 aliphatic rings. The molecule has 0 saturated heterocycles. The lowest BCUT2D eigenvalue weighted by Crippen LogP contribution is -2.21. The number of ether oxygens (including phenoxy) is 1. The quantitative estimate of drug-likeness (QED) is 0.321. The largest absolute Gasteiger partial charge is 0.421 e. The highest BCUT2D eigenvalue weighted by Crippen LogP contribution is 2.35. The highest BCUT2D eigenvalue weighted by atomic mass is 32.2. The molecule has 0 radical (unpaired) electrons. The van der Waals surface area contributed by atoms with Gasteiger partial charge in [-0.25, -0.2) is 13.2 Å². The van der Waals surface area contributed by atoms with Gasteiger partial charge in [-0.05, 0) is 42.5 Å². The molecule has 1 aliphatic heterocycles. The first-order valence-electron chi connectivity index (χ1n) is 9.05. The molecule has 146 valence electrons. The zero-order chi connectivity index (χ0) is 20.9. The van der Waals surface area contributed by atoms with Gasteiger partial charge in [0, 0.05) is 22.7 Å². The predicted octanol–water partition coefficient (Wildman–Crippen LogP) is 3.83. The second kappa shape index (κ2) is 6.60. The van der Waals surface area contributed by atoms with Crippen molar-refractivity contribution in [2.75, 3.05) is 0 Å². The summed E-state index contributed by atoms with van der Waals surface area (Å²) in [6.07, 6.45) is 1.59. The lowest BCUT2D eigenvalue weighted by molar-refractivity contribution is 0.0736. The Balaban J connectivity index is 1.57. The number of hydrogen-bond donors (Lipinski definition) is 0. The van der Waals surface area contributed by atoms with Gasteiger partial charge in [0.2, 0.25) is 9.84 Å². The van der Waals surface area contributed by atoms with Crippen LogP contribution in [0.4, 0.5) is 0 Å². The number of esters is 1. The molecule has 0 unspecified atom stereocenters. The Bertz CT molecular complexity index is 1470. The number of para-hydroxylation sites is 1. The maximum absolute atomic E-state index is 13.0. The molecule has 30 heavy (non-hydrogen) atoms. The molecule has 0 bridgehead atoms. The molecular weight excluding hydrogens is 402 g/mol. The fourth-order valence-corrected chi connectivity index (χ4v) is 5.21. The molecule has 0 fully saturated rings. The molecule has 7 heteroatoms. The molecule has 0 amide bonds. The monoisotopic (exact) mass is 415 g/mol. The van der Waals surface area contributed by atoms with Crippen LogP contribution in [0.3, 0.4) is 0 Å². The first-order chi connectivity index (χ1) is 14.5. The van der Waals surface area contributed by atoms with Crippen LogP contribution in [0.5, 0.6) is 5.75 Å². The van der Waals surface area contributed by atoms with Crippen LogP contribution in [-0.2, 0) is 9.84 Å². The van der Waals surface area contributed by atoms with Crippen molar-refractivity contribution in [3.8, 4) is 5.75 Å². The third-order valence-corrected chi connectivity index (χ3v) is 6.82. The third kappa shape index (κ3) is 2.71. The van der Waals surface area contributed by atoms with Crippen molar-refractivity contribution in [2.45, 2.75) is 9.79 Å². The summed E-state index contributed by atoms with van der Waals surface area (Å²) in [5, 5.41) is 0.804. The van der Waals surface area contributed by atoms with Crippen LogP contribution in [0.15, 0.2) is 88.8 Å². The van der Waals surface area contributed by atoms with Crippen LogP contribution in [0.25, 0.3) is 10.9 Å². The van der Waals surface area contributed by atoms with E-state index in [9.17, 15) is 18.0 Å². The number of carbonyl (C=O) groups excluding carboxylic acids is 2. The Hall–Kier alpha value is -3.84. The molecule has 0 atom stereocenters. The highest BCUT2D eigenvalue weighted by Gasteiger charge is 2.35. The Morgan fingerprint density at radius 2 is 1.60 bits per heavy atom. The molecule has 1 aromatic heterocycles. The van der Waals surface area contributed by atoms with Crippen LogP contribution in [0.2, 0.25) is 0 Å². The summed E-state index contributed by atoms with van der Waals surface area (Å²) >= 11 is 0. The fourth-order valence-electron chi connectivity index (χ4n) is 3.53. The first-order valence-corrected chi connectivity index (χ1v) is 10.5. The lowest BCUT2D eigenvalue weighted by Gasteiger charge is -2.19. The zero-order valence-electron chi connectivity index (χ0n) is 15.4. The number of carbonyl (C=O) groups is 2. The van der Waals surface area contributed by atoms with Crippen LogP contribution in [-0.4, -0.2) is 25.2 Å². The maximum atomic E-state index is 13.0. The van der Waals surface area contributed by atoms with E-state index in [2.05, 4.69) is 4.98 Å². The number of pyridine rings is 1. The summed E-state index contributed by atoms with van der Waals surface area (Å²) in [4.78, 5) is 29.5. The minimum atomic E-state index is -3.94. The average molecular weight is 415 g/mol. The van der Waals surface area contributed by atoms with Gasteiger partial charge in [0.25, 0.3) is 0 Å². The average Bonchev–Trinajstić information content (AvgIpc) is 2.78. The van der Waals surface area contributed by atoms with Crippen LogP contribution < -0.4 is 4.74 Å². The van der Waals surface area contributed by atoms with E-state index >= 15 is 0 Å². The van der Waals surface area contributed by atoms with E-state index in [0.717, 1.165) is 5.39 Å². The number of benzene rings is 3. The molecular formula is C23H13NO5S. The van der Waals surface area contributed by atoms with Gasteiger partial charge in [0.05, 0.1) is 15.4 Å². The smallest absolute Gasteiger partial charge is 0.343 e. The summed E-state index contributed by atoms with van der Waals surface area (Å²) in [7, 11) is -3.94. The molecule has 5 rings (SSSR count). The number of hydrogen-bond acceptors (Lipinski definition) is 6. The van der Waals surface area contributed by atoms with E-state index in [1.807, 2.05) is 12.1 Å². The van der Waals surface area contributed by atoms with Gasteiger partial charge in [0.15, 0.2) is 11.5 Å². The van der Waals surface area contributed by atoms with Gasteiger partial charge < -0.3 is 4.74 Å². The maximum Gasteiger partial charge on any atom is 0.343 e. The van der Waals surface area contributed by atoms with Crippen molar-refractivity contribution in [1.82, 2.24) is 4.98 Å². The van der Waals surface area contributed by atoms with E-state index in [4.69, 9.17) is 4.74 Å². The van der Waals surface area contributed by atoms with Crippen molar-refractivity contribution >= 4 is 32.5 Å². The molecule has 3 aromatic carbocycles. The third-order valence-electron chi connectivity index (χ3n) is 4.97. The van der Waals surface area contributed by atoms with Gasteiger partial charge in [-0.2, -0.15) is 0 Å². The second-order valence-electron chi connectivity index (χ2n) is 6.76. The molecule has 0 spiro atoms. The van der Waals surface area contributed by atoms with Gasteiger partial charge in [-0.1, -0.05) is 30.3 Å². The number of ketones is 1. The minimum Gasteiger partial charge on any atom is -0.421 e. The normalized spacial score (nSPS) is 14.1. The van der Waals surface area contributed by atoms with E-state index in [-0.39, 0.29) is 32.2 Å². The lowest BCUT2D eigenvalue weighted by atomic mass is 10.0. The van der Waals surface area contributed by atoms with Crippen LogP contribution >= 0.6 is 0 Å². The summed E-state index contributed by atoms with van der Waals surface area (Å²) < 4.78 is 31.6. The van der Waals surface area contributed by atoms with Gasteiger partial charge in [-0.15, -0.1) is 0 Å². The molecule has 0 N–H and O–H groups in total. The predicted molar refractivity (Wildman–Crippen MR) is 108 cm³/mol. The molecule has 0 aliphatic carbocycles.